The van der Waals surface area contributed by atoms with Crippen LogP contribution in [-0.4, -0.2) is 70.1 Å². The van der Waals surface area contributed by atoms with Crippen molar-refractivity contribution in [2.75, 3.05) is 26.2 Å². The molecule has 1 fully saturated rings. The summed E-state index contributed by atoms with van der Waals surface area (Å²) in [5.41, 5.74) is 3.74. The summed E-state index contributed by atoms with van der Waals surface area (Å²) in [5, 5.41) is 21.5. The lowest BCUT2D eigenvalue weighted by Gasteiger charge is -2.36. The van der Waals surface area contributed by atoms with E-state index in [1.54, 1.807) is 0 Å². The van der Waals surface area contributed by atoms with Crippen LogP contribution in [0.2, 0.25) is 0 Å². The molecule has 2 atom stereocenters. The second-order valence-electron chi connectivity index (χ2n) is 9.34. The maximum Gasteiger partial charge on any atom is 0.407 e. The first-order chi connectivity index (χ1) is 18.6. The fourth-order valence-corrected chi connectivity index (χ4v) is 4.72. The molecule has 0 radical (unpaired) electrons. The van der Waals surface area contributed by atoms with Gasteiger partial charge in [0.15, 0.2) is 0 Å². The average Bonchev–Trinajstić information content (AvgIpc) is 3.24. The highest BCUT2D eigenvalue weighted by Crippen LogP contribution is 2.42. The Labute approximate surface area is 225 Å². The molecule has 0 bridgehead atoms. The third-order valence-corrected chi connectivity index (χ3v) is 6.29. The summed E-state index contributed by atoms with van der Waals surface area (Å²) in [6.45, 7) is 3.49. The molecule has 2 aliphatic heterocycles. The van der Waals surface area contributed by atoms with Crippen LogP contribution in [0.1, 0.15) is 36.9 Å². The van der Waals surface area contributed by atoms with E-state index in [1.807, 2.05) is 60.7 Å². The molecule has 2 heterocycles. The normalized spacial score (nSPS) is 20.4. The van der Waals surface area contributed by atoms with Gasteiger partial charge in [-0.25, -0.2) is 9.59 Å². The van der Waals surface area contributed by atoms with Crippen molar-refractivity contribution >= 4 is 23.7 Å². The fraction of sp³-hybridized carbons (Fsp3) is 0.345. The number of carboxylic acids is 2. The van der Waals surface area contributed by atoms with Crippen LogP contribution in [-0.2, 0) is 9.59 Å². The van der Waals surface area contributed by atoms with E-state index in [0.29, 0.717) is 18.7 Å². The third kappa shape index (κ3) is 9.10. The van der Waals surface area contributed by atoms with Crippen LogP contribution in [0, 0.1) is 5.92 Å². The molecule has 2 aromatic carbocycles. The molecule has 0 aromatic heterocycles. The first-order valence-corrected chi connectivity index (χ1v) is 12.7. The fourth-order valence-electron chi connectivity index (χ4n) is 4.72. The van der Waals surface area contributed by atoms with Gasteiger partial charge in [0, 0.05) is 31.2 Å². The molecule has 2 aromatic rings. The number of alkyl halides is 3. The lowest BCUT2D eigenvalue weighted by molar-refractivity contribution is -0.151. The van der Waals surface area contributed by atoms with Crippen LogP contribution >= 0.6 is 0 Å². The SMILES string of the molecule is CCCCN1CC(=Cc2ccccc2)C2=NN(CC(F)(F)F)C(c3ccccc3)C2C1.O=C(O)/C=C\C(=O)O. The third-order valence-electron chi connectivity index (χ3n) is 6.29. The number of halogens is 3. The largest absolute Gasteiger partial charge is 0.478 e. The van der Waals surface area contributed by atoms with Crippen LogP contribution in [0.4, 0.5) is 13.2 Å². The van der Waals surface area contributed by atoms with Crippen LogP contribution in [0.5, 0.6) is 0 Å². The Morgan fingerprint density at radius 3 is 2.13 bits per heavy atom. The van der Waals surface area contributed by atoms with E-state index >= 15 is 0 Å². The van der Waals surface area contributed by atoms with Crippen molar-refractivity contribution < 1.29 is 33.0 Å². The molecule has 2 aliphatic rings. The Balaban J connectivity index is 0.000000459. The van der Waals surface area contributed by atoms with E-state index in [1.165, 1.54) is 5.01 Å². The highest BCUT2D eigenvalue weighted by atomic mass is 19.4. The highest BCUT2D eigenvalue weighted by molar-refractivity contribution is 6.07. The number of benzene rings is 2. The predicted molar refractivity (Wildman–Crippen MR) is 143 cm³/mol. The van der Waals surface area contributed by atoms with Crippen molar-refractivity contribution in [2.24, 2.45) is 11.0 Å². The second-order valence-corrected chi connectivity index (χ2v) is 9.34. The quantitative estimate of drug-likeness (QED) is 0.428. The number of piperidine rings is 1. The maximum atomic E-state index is 13.4. The van der Waals surface area contributed by atoms with Crippen LogP contribution in [0.15, 0.2) is 83.5 Å². The predicted octanol–water partition coefficient (Wildman–Crippen LogP) is 5.49. The van der Waals surface area contributed by atoms with Crippen molar-refractivity contribution in [3.63, 3.8) is 0 Å². The van der Waals surface area contributed by atoms with Gasteiger partial charge in [-0.15, -0.1) is 0 Å². The van der Waals surface area contributed by atoms with Gasteiger partial charge in [0.2, 0.25) is 0 Å². The summed E-state index contributed by atoms with van der Waals surface area (Å²) >= 11 is 0. The number of carbonyl (C=O) groups is 2. The topological polar surface area (TPSA) is 93.4 Å². The van der Waals surface area contributed by atoms with E-state index in [0.717, 1.165) is 48.3 Å². The van der Waals surface area contributed by atoms with Crippen molar-refractivity contribution in [1.29, 1.82) is 0 Å². The molecule has 208 valence electrons. The molecule has 0 saturated carbocycles. The van der Waals surface area contributed by atoms with E-state index in [2.05, 4.69) is 23.0 Å². The van der Waals surface area contributed by atoms with Gasteiger partial charge in [-0.2, -0.15) is 18.3 Å². The molecule has 39 heavy (non-hydrogen) atoms. The monoisotopic (exact) mass is 543 g/mol. The van der Waals surface area contributed by atoms with Gasteiger partial charge in [-0.1, -0.05) is 74.0 Å². The van der Waals surface area contributed by atoms with Gasteiger partial charge in [0.1, 0.15) is 6.54 Å². The minimum atomic E-state index is -4.31. The Bertz CT molecular complexity index is 1180. The summed E-state index contributed by atoms with van der Waals surface area (Å²) in [5.74, 6) is -2.61. The number of rotatable bonds is 8. The number of aliphatic carboxylic acids is 2. The van der Waals surface area contributed by atoms with Gasteiger partial charge in [0.25, 0.3) is 0 Å². The van der Waals surface area contributed by atoms with Crippen molar-refractivity contribution in [3.8, 4) is 0 Å². The number of fused-ring (bicyclic) bond motifs is 1. The van der Waals surface area contributed by atoms with Crippen LogP contribution < -0.4 is 0 Å². The molecule has 2 N–H and O–H groups in total. The minimum Gasteiger partial charge on any atom is -0.478 e. The Morgan fingerprint density at radius 1 is 1.00 bits per heavy atom. The summed E-state index contributed by atoms with van der Waals surface area (Å²) in [6, 6.07) is 19.0. The first kappa shape index (κ1) is 29.6. The number of unbranched alkanes of at least 4 members (excludes halogenated alkanes) is 1. The maximum absolute atomic E-state index is 13.4. The summed E-state index contributed by atoms with van der Waals surface area (Å²) in [4.78, 5) is 21.5. The zero-order valence-corrected chi connectivity index (χ0v) is 21.6. The lowest BCUT2D eigenvalue weighted by atomic mass is 9.83. The second kappa shape index (κ2) is 13.7. The van der Waals surface area contributed by atoms with Gasteiger partial charge in [-0.05, 0) is 35.7 Å². The molecule has 0 aliphatic carbocycles. The van der Waals surface area contributed by atoms with Crippen LogP contribution in [0.3, 0.4) is 0 Å². The Kier molecular flexibility index (Phi) is 10.4. The molecular formula is C29H32F3N3O4. The number of hydrogen-bond donors (Lipinski definition) is 2. The number of nitrogens with zero attached hydrogens (tertiary/aromatic N) is 3. The summed E-state index contributed by atoms with van der Waals surface area (Å²) in [7, 11) is 0. The van der Waals surface area contributed by atoms with E-state index in [-0.39, 0.29) is 5.92 Å². The lowest BCUT2D eigenvalue weighted by Crippen LogP contribution is -2.44. The van der Waals surface area contributed by atoms with Gasteiger partial charge < -0.3 is 10.2 Å². The van der Waals surface area contributed by atoms with Crippen LogP contribution in [0.25, 0.3) is 6.08 Å². The number of hydrazone groups is 1. The average molecular weight is 544 g/mol. The van der Waals surface area contributed by atoms with E-state index in [4.69, 9.17) is 10.2 Å². The number of likely N-dealkylation sites (tertiary alicyclic amines) is 1. The summed E-state index contributed by atoms with van der Waals surface area (Å²) in [6.07, 6.45) is 1.05. The zero-order valence-electron chi connectivity index (χ0n) is 21.6. The molecule has 10 heteroatoms. The number of carboxylic acid groups (broad SMARTS) is 2. The molecule has 4 rings (SSSR count). The standard InChI is InChI=1S/C25H28F3N3.C4H4O4/c1-2-3-14-30-16-21(15-19-10-6-4-7-11-19)23-22(17-30)24(20-12-8-5-9-13-20)31(29-23)18-25(26,27)28;5-3(6)1-2-4(7)8/h4-13,15,22,24H,2-3,14,16-18H2,1H3;1-2H,(H,5,6)(H,7,8)/b;2-1-. The highest BCUT2D eigenvalue weighted by Gasteiger charge is 2.46. The molecule has 2 unspecified atom stereocenters. The zero-order chi connectivity index (χ0) is 28.4. The van der Waals surface area contributed by atoms with Gasteiger partial charge >= 0.3 is 18.1 Å². The van der Waals surface area contributed by atoms with Crippen molar-refractivity contribution in [3.05, 3.63) is 89.5 Å². The molecule has 1 saturated heterocycles. The smallest absolute Gasteiger partial charge is 0.407 e. The van der Waals surface area contributed by atoms with E-state index in [9.17, 15) is 22.8 Å². The van der Waals surface area contributed by atoms with Gasteiger partial charge in [-0.3, -0.25) is 9.91 Å². The first-order valence-electron chi connectivity index (χ1n) is 12.7. The summed E-state index contributed by atoms with van der Waals surface area (Å²) < 4.78 is 40.3. The minimum absolute atomic E-state index is 0.0923. The van der Waals surface area contributed by atoms with Crippen molar-refractivity contribution in [2.45, 2.75) is 32.0 Å². The van der Waals surface area contributed by atoms with E-state index < -0.39 is 30.7 Å². The molecular weight excluding hydrogens is 511 g/mol. The molecule has 0 spiro atoms. The molecule has 7 nitrogen and oxygen atoms in total. The number of hydrogen-bond acceptors (Lipinski definition) is 5. The Hall–Kier alpha value is -3.92. The van der Waals surface area contributed by atoms with Gasteiger partial charge in [0.05, 0.1) is 11.8 Å². The van der Waals surface area contributed by atoms with Crippen molar-refractivity contribution in [1.82, 2.24) is 9.91 Å². The Morgan fingerprint density at radius 2 is 1.59 bits per heavy atom. The molecule has 0 amide bonds.